The summed E-state index contributed by atoms with van der Waals surface area (Å²) < 4.78 is 5.33. The predicted molar refractivity (Wildman–Crippen MR) is 79.9 cm³/mol. The van der Waals surface area contributed by atoms with Crippen LogP contribution in [0.1, 0.15) is 0 Å². The van der Waals surface area contributed by atoms with Crippen LogP contribution in [-0.2, 0) is 0 Å². The third kappa shape index (κ3) is 1.36. The lowest BCUT2D eigenvalue weighted by Gasteiger charge is -2.07. The molecule has 0 saturated heterocycles. The Kier molecular flexibility index (Phi) is 2.15. The highest BCUT2D eigenvalue weighted by atomic mass is 35.5. The standard InChI is InChI=1S/C17H11ClO/c1-19-16-9-14-12-7-3-5-10-4-2-6-11(17(10)12)13(14)8-15(16)18/h2-9H,1H3. The van der Waals surface area contributed by atoms with Gasteiger partial charge in [0.05, 0.1) is 12.1 Å². The zero-order chi connectivity index (χ0) is 13.0. The second-order valence-corrected chi connectivity index (χ2v) is 5.15. The van der Waals surface area contributed by atoms with Crippen LogP contribution in [0.2, 0.25) is 5.02 Å². The molecule has 1 aliphatic rings. The van der Waals surface area contributed by atoms with E-state index in [1.165, 1.54) is 33.0 Å². The van der Waals surface area contributed by atoms with Gasteiger partial charge in [-0.2, -0.15) is 0 Å². The fraction of sp³-hybridized carbons (Fsp3) is 0.0588. The van der Waals surface area contributed by atoms with Crippen molar-refractivity contribution >= 4 is 22.4 Å². The monoisotopic (exact) mass is 266 g/mol. The SMILES string of the molecule is COc1cc2c(cc1Cl)-c1cccc3cccc-2c13. The van der Waals surface area contributed by atoms with Crippen molar-refractivity contribution in [3.63, 3.8) is 0 Å². The van der Waals surface area contributed by atoms with Gasteiger partial charge < -0.3 is 4.74 Å². The lowest BCUT2D eigenvalue weighted by atomic mass is 10.0. The Morgan fingerprint density at radius 2 is 1.47 bits per heavy atom. The van der Waals surface area contributed by atoms with E-state index in [1.807, 2.05) is 12.1 Å². The van der Waals surface area contributed by atoms with Gasteiger partial charge in [0.1, 0.15) is 5.75 Å². The fourth-order valence-electron chi connectivity index (χ4n) is 2.95. The molecular weight excluding hydrogens is 256 g/mol. The van der Waals surface area contributed by atoms with E-state index in [9.17, 15) is 0 Å². The first-order chi connectivity index (χ1) is 9.29. The van der Waals surface area contributed by atoms with Crippen molar-refractivity contribution in [2.75, 3.05) is 7.11 Å². The molecule has 4 rings (SSSR count). The van der Waals surface area contributed by atoms with E-state index in [0.717, 1.165) is 5.75 Å². The summed E-state index contributed by atoms with van der Waals surface area (Å²) in [5, 5.41) is 3.23. The second-order valence-electron chi connectivity index (χ2n) is 4.74. The van der Waals surface area contributed by atoms with E-state index < -0.39 is 0 Å². The number of ether oxygens (including phenoxy) is 1. The van der Waals surface area contributed by atoms with Gasteiger partial charge in [-0.05, 0) is 45.2 Å². The average Bonchev–Trinajstić information content (AvgIpc) is 2.75. The van der Waals surface area contributed by atoms with Crippen molar-refractivity contribution in [3.8, 4) is 28.0 Å². The molecule has 0 heterocycles. The third-order valence-corrected chi connectivity index (χ3v) is 4.07. The normalized spacial score (nSPS) is 11.7. The first-order valence-electron chi connectivity index (χ1n) is 6.19. The van der Waals surface area contributed by atoms with Crippen molar-refractivity contribution in [1.29, 1.82) is 0 Å². The summed E-state index contributed by atoms with van der Waals surface area (Å²) in [5.74, 6) is 0.727. The van der Waals surface area contributed by atoms with Gasteiger partial charge >= 0.3 is 0 Å². The number of fused-ring (bicyclic) bond motifs is 3. The number of hydrogen-bond donors (Lipinski definition) is 0. The molecule has 3 aromatic carbocycles. The molecule has 92 valence electrons. The molecule has 0 saturated carbocycles. The van der Waals surface area contributed by atoms with Crippen molar-refractivity contribution in [3.05, 3.63) is 53.6 Å². The van der Waals surface area contributed by atoms with Crippen LogP contribution in [0.5, 0.6) is 5.75 Å². The molecule has 0 fully saturated rings. The summed E-state index contributed by atoms with van der Waals surface area (Å²) in [4.78, 5) is 0. The van der Waals surface area contributed by atoms with Gasteiger partial charge in [-0.1, -0.05) is 48.0 Å². The van der Waals surface area contributed by atoms with Crippen molar-refractivity contribution < 1.29 is 4.74 Å². The summed E-state index contributed by atoms with van der Waals surface area (Å²) >= 11 is 6.26. The molecule has 0 bridgehead atoms. The molecule has 3 aromatic rings. The van der Waals surface area contributed by atoms with Gasteiger partial charge in [0, 0.05) is 0 Å². The molecule has 0 aliphatic heterocycles. The van der Waals surface area contributed by atoms with Gasteiger partial charge in [-0.25, -0.2) is 0 Å². The molecule has 0 unspecified atom stereocenters. The number of rotatable bonds is 1. The Bertz CT molecular complexity index is 816. The minimum absolute atomic E-state index is 0.658. The molecule has 0 spiro atoms. The zero-order valence-corrected chi connectivity index (χ0v) is 11.2. The van der Waals surface area contributed by atoms with Crippen LogP contribution in [0.4, 0.5) is 0 Å². The summed E-state index contributed by atoms with van der Waals surface area (Å²) in [6.07, 6.45) is 0. The fourth-order valence-corrected chi connectivity index (χ4v) is 3.19. The number of methoxy groups -OCH3 is 1. The summed E-state index contributed by atoms with van der Waals surface area (Å²) in [6.45, 7) is 0. The van der Waals surface area contributed by atoms with E-state index in [0.29, 0.717) is 5.02 Å². The molecule has 0 atom stereocenters. The molecular formula is C17H11ClO. The first-order valence-corrected chi connectivity index (χ1v) is 6.57. The summed E-state index contributed by atoms with van der Waals surface area (Å²) in [7, 11) is 1.65. The molecule has 0 amide bonds. The Morgan fingerprint density at radius 1 is 0.842 bits per heavy atom. The zero-order valence-electron chi connectivity index (χ0n) is 10.4. The number of halogens is 1. The summed E-state index contributed by atoms with van der Waals surface area (Å²) in [6, 6.07) is 16.8. The van der Waals surface area contributed by atoms with Gasteiger partial charge in [0.25, 0.3) is 0 Å². The highest BCUT2D eigenvalue weighted by molar-refractivity contribution is 6.33. The molecule has 0 N–H and O–H groups in total. The first kappa shape index (κ1) is 10.9. The molecule has 0 aromatic heterocycles. The van der Waals surface area contributed by atoms with Gasteiger partial charge in [0.2, 0.25) is 0 Å². The Morgan fingerprint density at radius 3 is 2.11 bits per heavy atom. The highest BCUT2D eigenvalue weighted by Crippen LogP contribution is 2.49. The minimum Gasteiger partial charge on any atom is -0.495 e. The summed E-state index contributed by atoms with van der Waals surface area (Å²) in [5.41, 5.74) is 4.91. The van der Waals surface area contributed by atoms with Gasteiger partial charge in [0.15, 0.2) is 0 Å². The van der Waals surface area contributed by atoms with Crippen molar-refractivity contribution in [2.24, 2.45) is 0 Å². The van der Waals surface area contributed by atoms with Crippen molar-refractivity contribution in [2.45, 2.75) is 0 Å². The minimum atomic E-state index is 0.658. The van der Waals surface area contributed by atoms with Crippen LogP contribution in [0.25, 0.3) is 33.0 Å². The van der Waals surface area contributed by atoms with Crippen LogP contribution in [-0.4, -0.2) is 7.11 Å². The third-order valence-electron chi connectivity index (χ3n) is 3.78. The lowest BCUT2D eigenvalue weighted by molar-refractivity contribution is 0.415. The Balaban J connectivity index is 2.17. The molecule has 2 heteroatoms. The van der Waals surface area contributed by atoms with Crippen LogP contribution >= 0.6 is 11.6 Å². The maximum absolute atomic E-state index is 6.26. The van der Waals surface area contributed by atoms with Gasteiger partial charge in [-0.15, -0.1) is 0 Å². The van der Waals surface area contributed by atoms with Crippen LogP contribution in [0, 0.1) is 0 Å². The van der Waals surface area contributed by atoms with E-state index in [4.69, 9.17) is 16.3 Å². The van der Waals surface area contributed by atoms with E-state index in [1.54, 1.807) is 7.11 Å². The van der Waals surface area contributed by atoms with Crippen LogP contribution in [0.15, 0.2) is 48.5 Å². The van der Waals surface area contributed by atoms with Crippen LogP contribution < -0.4 is 4.74 Å². The average molecular weight is 267 g/mol. The lowest BCUT2D eigenvalue weighted by Crippen LogP contribution is -1.86. The quantitative estimate of drug-likeness (QED) is 0.463. The maximum Gasteiger partial charge on any atom is 0.138 e. The predicted octanol–water partition coefficient (Wildman–Crippen LogP) is 5.15. The maximum atomic E-state index is 6.26. The topological polar surface area (TPSA) is 9.23 Å². The number of hydrogen-bond acceptors (Lipinski definition) is 1. The highest BCUT2D eigenvalue weighted by Gasteiger charge is 2.22. The molecule has 0 radical (unpaired) electrons. The number of benzene rings is 3. The van der Waals surface area contributed by atoms with E-state index >= 15 is 0 Å². The Labute approximate surface area is 116 Å². The molecule has 1 nitrogen and oxygen atoms in total. The van der Waals surface area contributed by atoms with Gasteiger partial charge in [-0.3, -0.25) is 0 Å². The Hall–Kier alpha value is -1.99. The molecule has 1 aliphatic carbocycles. The van der Waals surface area contributed by atoms with E-state index in [2.05, 4.69) is 36.4 Å². The second kappa shape index (κ2) is 3.75. The van der Waals surface area contributed by atoms with Crippen LogP contribution in [0.3, 0.4) is 0 Å². The smallest absolute Gasteiger partial charge is 0.138 e. The van der Waals surface area contributed by atoms with Crippen molar-refractivity contribution in [1.82, 2.24) is 0 Å². The molecule has 19 heavy (non-hydrogen) atoms. The largest absolute Gasteiger partial charge is 0.495 e. The van der Waals surface area contributed by atoms with E-state index in [-0.39, 0.29) is 0 Å².